The van der Waals surface area contributed by atoms with Crippen LogP contribution in [0.2, 0.25) is 0 Å². The molecule has 0 aliphatic rings. The molecule has 1 aromatic carbocycles. The molecule has 1 heterocycles. The van der Waals surface area contributed by atoms with Gasteiger partial charge < -0.3 is 14.5 Å². The lowest BCUT2D eigenvalue weighted by Crippen LogP contribution is -2.00. The van der Waals surface area contributed by atoms with Crippen molar-refractivity contribution in [1.29, 1.82) is 0 Å². The van der Waals surface area contributed by atoms with Crippen LogP contribution in [0.1, 0.15) is 17.4 Å². The maximum atomic E-state index is 11.4. The van der Waals surface area contributed by atoms with E-state index in [2.05, 4.69) is 14.9 Å². The Kier molecular flexibility index (Phi) is 3.27. The van der Waals surface area contributed by atoms with Crippen molar-refractivity contribution < 1.29 is 14.3 Å². The van der Waals surface area contributed by atoms with Crippen LogP contribution >= 0.6 is 0 Å². The number of fused-ring (bicyclic) bond motifs is 1. The van der Waals surface area contributed by atoms with Gasteiger partial charge >= 0.3 is 5.97 Å². The Morgan fingerprint density at radius 1 is 1.39 bits per heavy atom. The van der Waals surface area contributed by atoms with Crippen LogP contribution in [0.25, 0.3) is 10.9 Å². The van der Waals surface area contributed by atoms with Gasteiger partial charge in [0.05, 0.1) is 19.2 Å². The van der Waals surface area contributed by atoms with E-state index in [0.29, 0.717) is 23.3 Å². The minimum Gasteiger partial charge on any atom is -0.494 e. The molecular formula is C12H12N2O4. The predicted molar refractivity (Wildman–Crippen MR) is 66.3 cm³/mol. The van der Waals surface area contributed by atoms with Crippen LogP contribution in [0.3, 0.4) is 0 Å². The van der Waals surface area contributed by atoms with Crippen LogP contribution in [0.4, 0.5) is 5.69 Å². The molecule has 0 spiro atoms. The highest BCUT2D eigenvalue weighted by atomic mass is 16.5. The number of ether oxygens (including phenoxy) is 2. The first-order valence-corrected chi connectivity index (χ1v) is 5.40. The quantitative estimate of drug-likeness (QED) is 0.666. The molecule has 0 amide bonds. The Labute approximate surface area is 103 Å². The van der Waals surface area contributed by atoms with E-state index in [1.54, 1.807) is 12.1 Å². The van der Waals surface area contributed by atoms with Gasteiger partial charge in [-0.05, 0) is 24.2 Å². The SMILES string of the molecule is CCOc1cc(N=O)c2[nH]c(C(=O)OC)cc2c1. The number of hydrogen-bond donors (Lipinski definition) is 1. The third kappa shape index (κ3) is 2.04. The zero-order valence-electron chi connectivity index (χ0n) is 10.0. The molecule has 1 N–H and O–H groups in total. The molecule has 0 saturated carbocycles. The molecule has 1 aromatic heterocycles. The highest BCUT2D eigenvalue weighted by molar-refractivity contribution is 5.99. The van der Waals surface area contributed by atoms with E-state index in [-0.39, 0.29) is 11.4 Å². The van der Waals surface area contributed by atoms with Crippen LogP contribution in [0, 0.1) is 4.91 Å². The van der Waals surface area contributed by atoms with Gasteiger partial charge in [0, 0.05) is 11.5 Å². The Morgan fingerprint density at radius 3 is 2.78 bits per heavy atom. The summed E-state index contributed by atoms with van der Waals surface area (Å²) in [6, 6.07) is 4.85. The lowest BCUT2D eigenvalue weighted by molar-refractivity contribution is 0.0595. The average molecular weight is 248 g/mol. The number of benzene rings is 1. The normalized spacial score (nSPS) is 10.3. The average Bonchev–Trinajstić information content (AvgIpc) is 2.81. The van der Waals surface area contributed by atoms with Crippen LogP contribution in [0.5, 0.6) is 5.75 Å². The first kappa shape index (κ1) is 12.1. The number of carbonyl (C=O) groups is 1. The summed E-state index contributed by atoms with van der Waals surface area (Å²) in [5.74, 6) is 0.0380. The number of nitrogens with zero attached hydrogens (tertiary/aromatic N) is 1. The Balaban J connectivity index is 2.59. The van der Waals surface area contributed by atoms with Crippen molar-refractivity contribution in [3.63, 3.8) is 0 Å². The molecule has 0 fully saturated rings. The van der Waals surface area contributed by atoms with Gasteiger partial charge in [0.2, 0.25) is 0 Å². The monoisotopic (exact) mass is 248 g/mol. The molecule has 2 aromatic rings. The van der Waals surface area contributed by atoms with Crippen molar-refractivity contribution in [3.05, 3.63) is 28.8 Å². The summed E-state index contributed by atoms with van der Waals surface area (Å²) in [5.41, 5.74) is 0.964. The molecule has 2 rings (SSSR count). The third-order valence-electron chi connectivity index (χ3n) is 2.50. The van der Waals surface area contributed by atoms with Gasteiger partial charge in [0.15, 0.2) is 0 Å². The third-order valence-corrected chi connectivity index (χ3v) is 2.50. The number of methoxy groups -OCH3 is 1. The number of aromatic amines is 1. The summed E-state index contributed by atoms with van der Waals surface area (Å²) in [6.07, 6.45) is 0. The number of rotatable bonds is 4. The second-order valence-corrected chi connectivity index (χ2v) is 3.61. The second-order valence-electron chi connectivity index (χ2n) is 3.61. The van der Waals surface area contributed by atoms with E-state index in [9.17, 15) is 9.70 Å². The molecule has 0 atom stereocenters. The molecule has 0 aliphatic heterocycles. The summed E-state index contributed by atoms with van der Waals surface area (Å²) in [6.45, 7) is 2.33. The minimum atomic E-state index is -0.499. The lowest BCUT2D eigenvalue weighted by Gasteiger charge is -2.03. The molecule has 6 nitrogen and oxygen atoms in total. The smallest absolute Gasteiger partial charge is 0.354 e. The zero-order valence-corrected chi connectivity index (χ0v) is 10.0. The van der Waals surface area contributed by atoms with Crippen LogP contribution in [-0.2, 0) is 4.74 Å². The van der Waals surface area contributed by atoms with Crippen molar-refractivity contribution in [2.45, 2.75) is 6.92 Å². The van der Waals surface area contributed by atoms with E-state index in [1.165, 1.54) is 13.2 Å². The maximum absolute atomic E-state index is 11.4. The van der Waals surface area contributed by atoms with Crippen molar-refractivity contribution >= 4 is 22.6 Å². The van der Waals surface area contributed by atoms with E-state index in [0.717, 1.165) is 0 Å². The topological polar surface area (TPSA) is 80.8 Å². The number of nitroso groups, excluding NO2 is 1. The molecule has 94 valence electrons. The Morgan fingerprint density at radius 2 is 2.17 bits per heavy atom. The Hall–Kier alpha value is -2.37. The highest BCUT2D eigenvalue weighted by Crippen LogP contribution is 2.31. The van der Waals surface area contributed by atoms with Gasteiger partial charge in [-0.2, -0.15) is 0 Å². The molecule has 6 heteroatoms. The summed E-state index contributed by atoms with van der Waals surface area (Å²) in [5, 5.41) is 3.60. The molecule has 0 saturated heterocycles. The number of esters is 1. The van der Waals surface area contributed by atoms with Crippen LogP contribution < -0.4 is 4.74 Å². The summed E-state index contributed by atoms with van der Waals surface area (Å²) < 4.78 is 9.93. The first-order chi connectivity index (χ1) is 8.69. The fourth-order valence-electron chi connectivity index (χ4n) is 1.74. The number of carbonyl (C=O) groups excluding carboxylic acids is 1. The van der Waals surface area contributed by atoms with Gasteiger partial charge in [-0.1, -0.05) is 0 Å². The van der Waals surface area contributed by atoms with Crippen molar-refractivity contribution in [2.75, 3.05) is 13.7 Å². The fourth-order valence-corrected chi connectivity index (χ4v) is 1.74. The van der Waals surface area contributed by atoms with Gasteiger partial charge in [-0.15, -0.1) is 4.91 Å². The van der Waals surface area contributed by atoms with Gasteiger partial charge in [-0.3, -0.25) is 0 Å². The fraction of sp³-hybridized carbons (Fsp3) is 0.250. The molecule has 0 aliphatic carbocycles. The Bertz CT molecular complexity index is 603. The summed E-state index contributed by atoms with van der Waals surface area (Å²) >= 11 is 0. The molecule has 18 heavy (non-hydrogen) atoms. The van der Waals surface area contributed by atoms with E-state index in [4.69, 9.17) is 4.74 Å². The standard InChI is InChI=1S/C12H12N2O4/c1-3-18-8-4-7-5-10(12(15)17-2)13-11(7)9(6-8)14-16/h4-6,13H,3H2,1-2H3. The van der Waals surface area contributed by atoms with E-state index >= 15 is 0 Å². The van der Waals surface area contributed by atoms with Gasteiger partial charge in [-0.25, -0.2) is 4.79 Å². The molecular weight excluding hydrogens is 236 g/mol. The molecule has 0 radical (unpaired) electrons. The van der Waals surface area contributed by atoms with E-state index in [1.807, 2.05) is 6.92 Å². The van der Waals surface area contributed by atoms with Gasteiger partial charge in [0.25, 0.3) is 0 Å². The number of aromatic nitrogens is 1. The van der Waals surface area contributed by atoms with Crippen LogP contribution in [-0.4, -0.2) is 24.7 Å². The summed E-state index contributed by atoms with van der Waals surface area (Å²) in [7, 11) is 1.29. The minimum absolute atomic E-state index is 0.200. The van der Waals surface area contributed by atoms with Crippen molar-refractivity contribution in [1.82, 2.24) is 4.98 Å². The van der Waals surface area contributed by atoms with Crippen molar-refractivity contribution in [2.24, 2.45) is 5.18 Å². The lowest BCUT2D eigenvalue weighted by atomic mass is 10.2. The van der Waals surface area contributed by atoms with Gasteiger partial charge in [0.1, 0.15) is 17.1 Å². The summed E-state index contributed by atoms with van der Waals surface area (Å²) in [4.78, 5) is 25.0. The predicted octanol–water partition coefficient (Wildman–Crippen LogP) is 2.75. The number of nitrogens with one attached hydrogen (secondary N) is 1. The largest absolute Gasteiger partial charge is 0.494 e. The molecule has 0 unspecified atom stereocenters. The molecule has 0 bridgehead atoms. The number of H-pyrrole nitrogens is 1. The van der Waals surface area contributed by atoms with E-state index < -0.39 is 5.97 Å². The number of hydrogen-bond acceptors (Lipinski definition) is 5. The van der Waals surface area contributed by atoms with Crippen molar-refractivity contribution in [3.8, 4) is 5.75 Å². The van der Waals surface area contributed by atoms with Crippen LogP contribution in [0.15, 0.2) is 23.4 Å². The second kappa shape index (κ2) is 4.87. The highest BCUT2D eigenvalue weighted by Gasteiger charge is 2.13. The first-order valence-electron chi connectivity index (χ1n) is 5.40. The zero-order chi connectivity index (χ0) is 13.1. The maximum Gasteiger partial charge on any atom is 0.354 e.